The molecule has 0 saturated heterocycles. The van der Waals surface area contributed by atoms with E-state index in [0.717, 1.165) is 5.52 Å². The fraction of sp³-hybridized carbons (Fsp3) is 0. The van der Waals surface area contributed by atoms with Gasteiger partial charge in [0.15, 0.2) is 5.65 Å². The fourth-order valence-electron chi connectivity index (χ4n) is 0.846. The summed E-state index contributed by atoms with van der Waals surface area (Å²) in [5.74, 6) is 0. The van der Waals surface area contributed by atoms with Gasteiger partial charge in [0.2, 0.25) is 0 Å². The van der Waals surface area contributed by atoms with E-state index in [1.807, 2.05) is 0 Å². The average molecular weight is 129 g/mol. The van der Waals surface area contributed by atoms with Crippen molar-refractivity contribution in [2.75, 3.05) is 0 Å². The van der Waals surface area contributed by atoms with Crippen LogP contribution in [0.25, 0.3) is 11.2 Å². The molecule has 0 spiro atoms. The summed E-state index contributed by atoms with van der Waals surface area (Å²) in [6, 6.07) is 1.80. The number of nitrogens with zero attached hydrogens (tertiary/aromatic N) is 2. The van der Waals surface area contributed by atoms with Crippen molar-refractivity contribution < 1.29 is 0 Å². The molecule has 2 aromatic rings. The van der Waals surface area contributed by atoms with E-state index < -0.39 is 0 Å². The number of imidazole rings is 1. The second-order valence-electron chi connectivity index (χ2n) is 2.04. The highest BCUT2D eigenvalue weighted by Gasteiger charge is 1.93. The van der Waals surface area contributed by atoms with Gasteiger partial charge in [0, 0.05) is 6.20 Å². The zero-order chi connectivity index (χ0) is 6.97. The first-order valence-electron chi connectivity index (χ1n) is 2.91. The maximum absolute atomic E-state index is 5.47. The summed E-state index contributed by atoms with van der Waals surface area (Å²) in [5.41, 5.74) is 2.23. The SMILES string of the molecule is [B]c1cnc2nc[nH]c2c1. The summed E-state index contributed by atoms with van der Waals surface area (Å²) in [5, 5.41) is 0. The normalized spacial score (nSPS) is 10.4. The molecule has 4 heteroatoms. The standard InChI is InChI=1S/C6H4BN3/c7-4-1-5-6(8-2-4)10-3-9-5/h1-3H,(H,8,9,10). The minimum Gasteiger partial charge on any atom is -0.343 e. The summed E-state index contributed by atoms with van der Waals surface area (Å²) >= 11 is 0. The first-order valence-corrected chi connectivity index (χ1v) is 2.91. The highest BCUT2D eigenvalue weighted by atomic mass is 14.9. The van der Waals surface area contributed by atoms with Gasteiger partial charge in [-0.3, -0.25) is 0 Å². The Morgan fingerprint density at radius 2 is 2.30 bits per heavy atom. The molecular formula is C6H4BN3. The molecule has 0 aliphatic rings. The topological polar surface area (TPSA) is 41.6 Å². The van der Waals surface area contributed by atoms with E-state index in [1.54, 1.807) is 18.6 Å². The largest absolute Gasteiger partial charge is 0.343 e. The van der Waals surface area contributed by atoms with Crippen molar-refractivity contribution in [1.29, 1.82) is 0 Å². The van der Waals surface area contributed by atoms with Gasteiger partial charge < -0.3 is 4.98 Å². The van der Waals surface area contributed by atoms with Crippen LogP contribution in [-0.4, -0.2) is 22.8 Å². The van der Waals surface area contributed by atoms with Crippen LogP contribution >= 0.6 is 0 Å². The Hall–Kier alpha value is -1.32. The van der Waals surface area contributed by atoms with Gasteiger partial charge >= 0.3 is 0 Å². The van der Waals surface area contributed by atoms with Crippen LogP contribution in [0.5, 0.6) is 0 Å². The first kappa shape index (κ1) is 5.47. The van der Waals surface area contributed by atoms with Crippen molar-refractivity contribution in [3.8, 4) is 0 Å². The zero-order valence-electron chi connectivity index (χ0n) is 5.20. The van der Waals surface area contributed by atoms with E-state index in [1.165, 1.54) is 0 Å². The molecule has 2 rings (SSSR count). The number of nitrogens with one attached hydrogen (secondary N) is 1. The number of H-pyrrole nitrogens is 1. The summed E-state index contributed by atoms with van der Waals surface area (Å²) in [7, 11) is 5.47. The molecule has 0 unspecified atom stereocenters. The number of rotatable bonds is 0. The highest BCUT2D eigenvalue weighted by Crippen LogP contribution is 1.99. The first-order chi connectivity index (χ1) is 4.86. The molecule has 0 fully saturated rings. The van der Waals surface area contributed by atoms with Crippen LogP contribution in [0.1, 0.15) is 0 Å². The van der Waals surface area contributed by atoms with E-state index in [-0.39, 0.29) is 0 Å². The Labute approximate surface area is 58.9 Å². The molecule has 2 aromatic heterocycles. The Bertz CT molecular complexity index is 355. The van der Waals surface area contributed by atoms with E-state index >= 15 is 0 Å². The minimum atomic E-state index is 0.650. The highest BCUT2D eigenvalue weighted by molar-refractivity contribution is 6.32. The Kier molecular flexibility index (Phi) is 1.00. The van der Waals surface area contributed by atoms with E-state index in [0.29, 0.717) is 11.1 Å². The predicted octanol–water partition coefficient (Wildman–Crippen LogP) is -0.248. The predicted molar refractivity (Wildman–Crippen MR) is 39.3 cm³/mol. The molecule has 0 aromatic carbocycles. The molecule has 1 N–H and O–H groups in total. The molecular weight excluding hydrogens is 125 g/mol. The van der Waals surface area contributed by atoms with Crippen molar-refractivity contribution in [3.05, 3.63) is 18.6 Å². The van der Waals surface area contributed by atoms with Crippen LogP contribution in [0.15, 0.2) is 18.6 Å². The van der Waals surface area contributed by atoms with Gasteiger partial charge in [-0.2, -0.15) is 0 Å². The van der Waals surface area contributed by atoms with Crippen LogP contribution in [-0.2, 0) is 0 Å². The number of fused-ring (bicyclic) bond motifs is 1. The van der Waals surface area contributed by atoms with Crippen molar-refractivity contribution in [1.82, 2.24) is 15.0 Å². The molecule has 0 amide bonds. The lowest BCUT2D eigenvalue weighted by molar-refractivity contribution is 1.31. The molecule has 2 radical (unpaired) electrons. The summed E-state index contributed by atoms with van der Waals surface area (Å²) in [6.45, 7) is 0. The third-order valence-corrected chi connectivity index (χ3v) is 1.29. The Balaban J connectivity index is 2.86. The number of aromatic amines is 1. The molecule has 0 saturated carbocycles. The molecule has 46 valence electrons. The summed E-state index contributed by atoms with van der Waals surface area (Å²) < 4.78 is 0. The van der Waals surface area contributed by atoms with E-state index in [4.69, 9.17) is 7.85 Å². The number of pyridine rings is 1. The van der Waals surface area contributed by atoms with Gasteiger partial charge in [0.1, 0.15) is 7.85 Å². The Morgan fingerprint density at radius 3 is 3.20 bits per heavy atom. The van der Waals surface area contributed by atoms with E-state index in [2.05, 4.69) is 15.0 Å². The molecule has 0 atom stereocenters. The number of aromatic nitrogens is 3. The second-order valence-corrected chi connectivity index (χ2v) is 2.04. The summed E-state index contributed by atoms with van der Waals surface area (Å²) in [4.78, 5) is 10.8. The van der Waals surface area contributed by atoms with Crippen LogP contribution in [0.3, 0.4) is 0 Å². The lowest BCUT2D eigenvalue weighted by atomic mass is 9.99. The lowest BCUT2D eigenvalue weighted by Crippen LogP contribution is -2.01. The van der Waals surface area contributed by atoms with Crippen molar-refractivity contribution >= 4 is 24.5 Å². The van der Waals surface area contributed by atoms with Crippen LogP contribution in [0, 0.1) is 0 Å². The Morgan fingerprint density at radius 1 is 1.40 bits per heavy atom. The maximum atomic E-state index is 5.47. The molecule has 2 heterocycles. The molecule has 0 bridgehead atoms. The number of hydrogen-bond donors (Lipinski definition) is 1. The monoisotopic (exact) mass is 129 g/mol. The molecule has 3 nitrogen and oxygen atoms in total. The average Bonchev–Trinajstić information content (AvgIpc) is 2.33. The quantitative estimate of drug-likeness (QED) is 0.498. The molecule has 0 aliphatic carbocycles. The van der Waals surface area contributed by atoms with Crippen molar-refractivity contribution in [2.45, 2.75) is 0 Å². The third-order valence-electron chi connectivity index (χ3n) is 1.29. The van der Waals surface area contributed by atoms with Crippen LogP contribution in [0.2, 0.25) is 0 Å². The van der Waals surface area contributed by atoms with Gasteiger partial charge in [-0.1, -0.05) is 5.46 Å². The van der Waals surface area contributed by atoms with Crippen molar-refractivity contribution in [2.24, 2.45) is 0 Å². The smallest absolute Gasteiger partial charge is 0.177 e. The summed E-state index contributed by atoms with van der Waals surface area (Å²) in [6.07, 6.45) is 3.18. The molecule has 10 heavy (non-hydrogen) atoms. The zero-order valence-corrected chi connectivity index (χ0v) is 5.20. The lowest BCUT2D eigenvalue weighted by Gasteiger charge is -1.88. The number of hydrogen-bond acceptors (Lipinski definition) is 2. The third kappa shape index (κ3) is 0.691. The second kappa shape index (κ2) is 1.83. The van der Waals surface area contributed by atoms with Gasteiger partial charge in [-0.15, -0.1) is 0 Å². The van der Waals surface area contributed by atoms with Gasteiger partial charge in [-0.25, -0.2) is 9.97 Å². The molecule has 0 aliphatic heterocycles. The van der Waals surface area contributed by atoms with Gasteiger partial charge in [0.05, 0.1) is 11.8 Å². The fourth-order valence-corrected chi connectivity index (χ4v) is 0.846. The van der Waals surface area contributed by atoms with Gasteiger partial charge in [-0.05, 0) is 6.07 Å². The van der Waals surface area contributed by atoms with Crippen molar-refractivity contribution in [3.63, 3.8) is 0 Å². The van der Waals surface area contributed by atoms with E-state index in [9.17, 15) is 0 Å². The maximum Gasteiger partial charge on any atom is 0.177 e. The van der Waals surface area contributed by atoms with Gasteiger partial charge in [0.25, 0.3) is 0 Å². The minimum absolute atomic E-state index is 0.650. The van der Waals surface area contributed by atoms with Crippen LogP contribution < -0.4 is 5.46 Å². The van der Waals surface area contributed by atoms with Crippen LogP contribution in [0.4, 0.5) is 0 Å².